The number of benzene rings is 2. The van der Waals surface area contributed by atoms with Crippen LogP contribution in [0.15, 0.2) is 54.6 Å². The molecule has 2 N–H and O–H groups in total. The van der Waals surface area contributed by atoms with Crippen LogP contribution in [0.5, 0.6) is 0 Å². The fraction of sp³-hybridized carbons (Fsp3) is 0.105. The van der Waals surface area contributed by atoms with Gasteiger partial charge in [0.1, 0.15) is 0 Å². The Kier molecular flexibility index (Phi) is 5.04. The Hall–Kier alpha value is -3.12. The number of carbonyl (C=O) groups is 2. The number of aromatic nitrogens is 2. The molecule has 0 bridgehead atoms. The molecule has 132 valence electrons. The molecule has 7 heteroatoms. The van der Waals surface area contributed by atoms with Gasteiger partial charge in [0, 0.05) is 30.4 Å². The van der Waals surface area contributed by atoms with Gasteiger partial charge in [0.05, 0.1) is 5.69 Å². The third-order valence-electron chi connectivity index (χ3n) is 3.69. The Balaban J connectivity index is 1.80. The smallest absolute Gasteiger partial charge is 0.276 e. The highest BCUT2D eigenvalue weighted by molar-refractivity contribution is 6.30. The fourth-order valence-corrected chi connectivity index (χ4v) is 2.67. The van der Waals surface area contributed by atoms with Crippen molar-refractivity contribution in [3.63, 3.8) is 0 Å². The van der Waals surface area contributed by atoms with Crippen LogP contribution in [0.25, 0.3) is 11.3 Å². The predicted molar refractivity (Wildman–Crippen MR) is 102 cm³/mol. The summed E-state index contributed by atoms with van der Waals surface area (Å²) < 4.78 is 1.64. The molecule has 0 aliphatic rings. The van der Waals surface area contributed by atoms with Crippen LogP contribution >= 0.6 is 11.6 Å². The molecule has 0 atom stereocenters. The van der Waals surface area contributed by atoms with Crippen molar-refractivity contribution >= 4 is 34.8 Å². The largest absolute Gasteiger partial charge is 0.326 e. The number of nitrogens with one attached hydrogen (secondary N) is 2. The summed E-state index contributed by atoms with van der Waals surface area (Å²) in [5.74, 6) is -0.508. The Bertz CT molecular complexity index is 964. The molecule has 0 radical (unpaired) electrons. The minimum atomic E-state index is -0.333. The molecule has 3 rings (SSSR count). The summed E-state index contributed by atoms with van der Waals surface area (Å²) in [6.07, 6.45) is 0. The van der Waals surface area contributed by atoms with Crippen LogP contribution in [0.1, 0.15) is 17.4 Å². The number of amides is 2. The summed E-state index contributed by atoms with van der Waals surface area (Å²) in [7, 11) is 1.78. The van der Waals surface area contributed by atoms with Crippen molar-refractivity contribution < 1.29 is 9.59 Å². The molecule has 0 aliphatic heterocycles. The number of rotatable bonds is 4. The van der Waals surface area contributed by atoms with Gasteiger partial charge < -0.3 is 10.6 Å². The highest BCUT2D eigenvalue weighted by Crippen LogP contribution is 2.23. The minimum absolute atomic E-state index is 0.175. The zero-order valence-corrected chi connectivity index (χ0v) is 15.0. The third kappa shape index (κ3) is 4.10. The lowest BCUT2D eigenvalue weighted by atomic mass is 10.1. The fourth-order valence-electron chi connectivity index (χ4n) is 2.54. The molecule has 0 aliphatic carbocycles. The van der Waals surface area contributed by atoms with Crippen LogP contribution in [0, 0.1) is 0 Å². The first-order chi connectivity index (χ1) is 12.4. The van der Waals surface area contributed by atoms with Crippen molar-refractivity contribution in [3.05, 3.63) is 65.3 Å². The lowest BCUT2D eigenvalue weighted by Crippen LogP contribution is -2.13. The minimum Gasteiger partial charge on any atom is -0.326 e. The van der Waals surface area contributed by atoms with E-state index in [2.05, 4.69) is 15.7 Å². The lowest BCUT2D eigenvalue weighted by molar-refractivity contribution is -0.114. The van der Waals surface area contributed by atoms with Crippen molar-refractivity contribution in [2.45, 2.75) is 6.92 Å². The van der Waals surface area contributed by atoms with Crippen molar-refractivity contribution in [2.75, 3.05) is 10.6 Å². The van der Waals surface area contributed by atoms with Gasteiger partial charge in [-0.25, -0.2) is 0 Å². The molecule has 26 heavy (non-hydrogen) atoms. The Labute approximate surface area is 155 Å². The standard InChI is InChI=1S/C19H17ClN4O2/c1-12(25)21-15-4-3-5-16(10-15)22-19(26)17-11-18(24(2)23-17)13-6-8-14(20)9-7-13/h3-11H,1-2H3,(H,21,25)(H,22,26). The van der Waals surface area contributed by atoms with Crippen molar-refractivity contribution in [1.29, 1.82) is 0 Å². The number of hydrogen-bond acceptors (Lipinski definition) is 3. The zero-order valence-electron chi connectivity index (χ0n) is 14.3. The first-order valence-corrected chi connectivity index (χ1v) is 8.29. The van der Waals surface area contributed by atoms with E-state index in [9.17, 15) is 9.59 Å². The maximum Gasteiger partial charge on any atom is 0.276 e. The van der Waals surface area contributed by atoms with Gasteiger partial charge in [-0.3, -0.25) is 14.3 Å². The maximum atomic E-state index is 12.5. The van der Waals surface area contributed by atoms with Gasteiger partial charge in [-0.2, -0.15) is 5.10 Å². The van der Waals surface area contributed by atoms with Gasteiger partial charge in [-0.15, -0.1) is 0 Å². The van der Waals surface area contributed by atoms with Crippen LogP contribution in [-0.4, -0.2) is 21.6 Å². The molecule has 0 fully saturated rings. The van der Waals surface area contributed by atoms with E-state index in [0.29, 0.717) is 22.1 Å². The van der Waals surface area contributed by atoms with Crippen LogP contribution in [-0.2, 0) is 11.8 Å². The van der Waals surface area contributed by atoms with E-state index in [-0.39, 0.29) is 11.8 Å². The van der Waals surface area contributed by atoms with Gasteiger partial charge in [0.2, 0.25) is 5.91 Å². The topological polar surface area (TPSA) is 76.0 Å². The van der Waals surface area contributed by atoms with E-state index < -0.39 is 0 Å². The summed E-state index contributed by atoms with van der Waals surface area (Å²) in [6, 6.07) is 16.0. The number of aryl methyl sites for hydroxylation is 1. The average molecular weight is 369 g/mol. The number of nitrogens with zero attached hydrogens (tertiary/aromatic N) is 2. The van der Waals surface area contributed by atoms with E-state index in [1.165, 1.54) is 6.92 Å². The molecule has 3 aromatic rings. The summed E-state index contributed by atoms with van der Waals surface area (Å²) in [5.41, 5.74) is 3.19. The summed E-state index contributed by atoms with van der Waals surface area (Å²) in [4.78, 5) is 23.6. The molecule has 0 saturated heterocycles. The number of hydrogen-bond donors (Lipinski definition) is 2. The molecule has 6 nitrogen and oxygen atoms in total. The third-order valence-corrected chi connectivity index (χ3v) is 3.95. The molecule has 2 amide bonds. The molecule has 0 saturated carbocycles. The molecule has 0 spiro atoms. The zero-order chi connectivity index (χ0) is 18.7. The molecular weight excluding hydrogens is 352 g/mol. The van der Waals surface area contributed by atoms with Crippen molar-refractivity contribution in [1.82, 2.24) is 9.78 Å². The van der Waals surface area contributed by atoms with E-state index >= 15 is 0 Å². The lowest BCUT2D eigenvalue weighted by Gasteiger charge is -2.06. The maximum absolute atomic E-state index is 12.5. The van der Waals surface area contributed by atoms with Crippen LogP contribution < -0.4 is 10.6 Å². The SMILES string of the molecule is CC(=O)Nc1cccc(NC(=O)c2cc(-c3ccc(Cl)cc3)n(C)n2)c1. The second-order valence-corrected chi connectivity index (χ2v) is 6.20. The predicted octanol–water partition coefficient (Wildman–Crippen LogP) is 3.95. The van der Waals surface area contributed by atoms with Crippen LogP contribution in [0.3, 0.4) is 0 Å². The van der Waals surface area contributed by atoms with E-state index in [1.54, 1.807) is 54.2 Å². The number of halogens is 1. The monoisotopic (exact) mass is 368 g/mol. The Morgan fingerprint density at radius 2 is 1.65 bits per heavy atom. The quantitative estimate of drug-likeness (QED) is 0.732. The first kappa shape index (κ1) is 17.7. The van der Waals surface area contributed by atoms with Crippen molar-refractivity contribution in [2.24, 2.45) is 7.05 Å². The summed E-state index contributed by atoms with van der Waals surface area (Å²) in [6.45, 7) is 1.43. The first-order valence-electron chi connectivity index (χ1n) is 7.91. The van der Waals surface area contributed by atoms with Gasteiger partial charge >= 0.3 is 0 Å². The summed E-state index contributed by atoms with van der Waals surface area (Å²) >= 11 is 5.92. The molecule has 0 unspecified atom stereocenters. The highest BCUT2D eigenvalue weighted by Gasteiger charge is 2.14. The van der Waals surface area contributed by atoms with Gasteiger partial charge in [0.25, 0.3) is 5.91 Å². The second-order valence-electron chi connectivity index (χ2n) is 5.76. The molecule has 1 aromatic heterocycles. The van der Waals surface area contributed by atoms with E-state index in [1.807, 2.05) is 12.1 Å². The van der Waals surface area contributed by atoms with Gasteiger partial charge in [-0.05, 0) is 42.0 Å². The van der Waals surface area contributed by atoms with Crippen LogP contribution in [0.4, 0.5) is 11.4 Å². The average Bonchev–Trinajstić information content (AvgIpc) is 2.97. The van der Waals surface area contributed by atoms with Crippen molar-refractivity contribution in [3.8, 4) is 11.3 Å². The van der Waals surface area contributed by atoms with E-state index in [0.717, 1.165) is 11.3 Å². The number of anilines is 2. The highest BCUT2D eigenvalue weighted by atomic mass is 35.5. The Morgan fingerprint density at radius 3 is 2.31 bits per heavy atom. The molecule has 2 aromatic carbocycles. The normalized spacial score (nSPS) is 10.4. The summed E-state index contributed by atoms with van der Waals surface area (Å²) in [5, 5.41) is 10.4. The molecule has 1 heterocycles. The molecular formula is C19H17ClN4O2. The van der Waals surface area contributed by atoms with Gasteiger partial charge in [0.15, 0.2) is 5.69 Å². The Morgan fingerprint density at radius 1 is 1.00 bits per heavy atom. The second kappa shape index (κ2) is 7.41. The van der Waals surface area contributed by atoms with E-state index in [4.69, 9.17) is 11.6 Å². The number of carbonyl (C=O) groups excluding carboxylic acids is 2. The van der Waals surface area contributed by atoms with Crippen LogP contribution in [0.2, 0.25) is 5.02 Å². The van der Waals surface area contributed by atoms with Gasteiger partial charge in [-0.1, -0.05) is 29.8 Å².